The molecule has 0 aliphatic rings. The fourth-order valence-corrected chi connectivity index (χ4v) is 2.10. The van der Waals surface area contributed by atoms with E-state index in [1.807, 2.05) is 12.1 Å². The number of nitrogens with one attached hydrogen (secondary N) is 1. The molecule has 0 unspecified atom stereocenters. The van der Waals surface area contributed by atoms with Crippen LogP contribution in [0.2, 0.25) is 0 Å². The number of nitrogens with zero attached hydrogens (tertiary/aromatic N) is 1. The molecule has 1 N–H and O–H groups in total. The summed E-state index contributed by atoms with van der Waals surface area (Å²) >= 11 is 3.38. The first-order valence-corrected chi connectivity index (χ1v) is 5.98. The Morgan fingerprint density at radius 1 is 1.56 bits per heavy atom. The number of rotatable bonds is 3. The number of fused-ring (bicyclic) bond motifs is 1. The number of methoxy groups -OCH3 is 1. The molecule has 0 aliphatic carbocycles. The summed E-state index contributed by atoms with van der Waals surface area (Å²) in [6.45, 7) is 0. The van der Waals surface area contributed by atoms with Gasteiger partial charge in [0.15, 0.2) is 0 Å². The third kappa shape index (κ3) is 1.95. The second-order valence-corrected chi connectivity index (χ2v) is 4.20. The van der Waals surface area contributed by atoms with E-state index >= 15 is 0 Å². The normalized spacial score (nSPS) is 10.6. The molecular weight excluding hydrogens is 272 g/mol. The van der Waals surface area contributed by atoms with Crippen LogP contribution in [0.3, 0.4) is 0 Å². The molecule has 0 bridgehead atoms. The third-order valence-corrected chi connectivity index (χ3v) is 2.80. The van der Waals surface area contributed by atoms with Crippen molar-refractivity contribution in [2.24, 2.45) is 0 Å². The fourth-order valence-electron chi connectivity index (χ4n) is 1.64. The van der Waals surface area contributed by atoms with Crippen LogP contribution in [0.1, 0.15) is 15.9 Å². The van der Waals surface area contributed by atoms with Gasteiger partial charge in [-0.3, -0.25) is 5.10 Å². The van der Waals surface area contributed by atoms with Crippen molar-refractivity contribution < 1.29 is 9.53 Å². The summed E-state index contributed by atoms with van der Waals surface area (Å²) in [5, 5.41) is 8.45. The predicted molar refractivity (Wildman–Crippen MR) is 64.9 cm³/mol. The van der Waals surface area contributed by atoms with Gasteiger partial charge in [-0.2, -0.15) is 5.10 Å². The monoisotopic (exact) mass is 282 g/mol. The molecule has 0 radical (unpaired) electrons. The van der Waals surface area contributed by atoms with Crippen LogP contribution in [-0.2, 0) is 11.2 Å². The number of hydrogen-bond acceptors (Lipinski definition) is 3. The molecule has 1 aromatic heterocycles. The van der Waals surface area contributed by atoms with Gasteiger partial charge in [0.25, 0.3) is 0 Å². The van der Waals surface area contributed by atoms with E-state index in [9.17, 15) is 4.79 Å². The van der Waals surface area contributed by atoms with E-state index in [1.165, 1.54) is 7.11 Å². The van der Waals surface area contributed by atoms with Crippen LogP contribution in [0.5, 0.6) is 0 Å². The first-order valence-electron chi connectivity index (χ1n) is 4.86. The zero-order chi connectivity index (χ0) is 11.5. The summed E-state index contributed by atoms with van der Waals surface area (Å²) in [7, 11) is 1.38. The minimum atomic E-state index is -0.331. The molecular formula is C11H11BrN2O2. The van der Waals surface area contributed by atoms with Crippen molar-refractivity contribution in [1.29, 1.82) is 0 Å². The lowest BCUT2D eigenvalue weighted by molar-refractivity contribution is 0.0603. The van der Waals surface area contributed by atoms with Crippen molar-refractivity contribution in [3.63, 3.8) is 0 Å². The van der Waals surface area contributed by atoms with Gasteiger partial charge >= 0.3 is 5.97 Å². The maximum Gasteiger partial charge on any atom is 0.338 e. The largest absolute Gasteiger partial charge is 0.465 e. The number of H-pyrrole nitrogens is 1. The number of alkyl halides is 1. The molecule has 0 spiro atoms. The average molecular weight is 283 g/mol. The Balaban J connectivity index is 2.58. The van der Waals surface area contributed by atoms with E-state index in [0.29, 0.717) is 5.56 Å². The molecule has 0 saturated heterocycles. The number of aromatic amines is 1. The van der Waals surface area contributed by atoms with Gasteiger partial charge in [0, 0.05) is 10.7 Å². The summed E-state index contributed by atoms with van der Waals surface area (Å²) < 4.78 is 4.75. The molecule has 1 heterocycles. The molecule has 2 rings (SSSR count). The van der Waals surface area contributed by atoms with E-state index in [-0.39, 0.29) is 5.97 Å². The Labute approximate surface area is 101 Å². The quantitative estimate of drug-likeness (QED) is 0.694. The molecule has 2 aromatic rings. The average Bonchev–Trinajstić information content (AvgIpc) is 2.75. The first kappa shape index (κ1) is 11.1. The van der Waals surface area contributed by atoms with Crippen molar-refractivity contribution in [1.82, 2.24) is 10.2 Å². The highest BCUT2D eigenvalue weighted by Crippen LogP contribution is 2.20. The zero-order valence-corrected chi connectivity index (χ0v) is 10.4. The Morgan fingerprint density at radius 3 is 3.06 bits per heavy atom. The van der Waals surface area contributed by atoms with Crippen molar-refractivity contribution >= 4 is 32.8 Å². The lowest BCUT2D eigenvalue weighted by atomic mass is 10.0. The summed E-state index contributed by atoms with van der Waals surface area (Å²) in [5.41, 5.74) is 2.50. The standard InChI is InChI=1S/C11H11BrN2O2/c1-16-11(15)8-4-7(2-3-12)5-10-9(8)6-13-14-10/h4-6H,2-3H2,1H3,(H,13,14). The minimum absolute atomic E-state index is 0.331. The lowest BCUT2D eigenvalue weighted by Gasteiger charge is -2.04. The molecule has 16 heavy (non-hydrogen) atoms. The number of benzene rings is 1. The SMILES string of the molecule is COC(=O)c1cc(CCBr)cc2[nH]ncc12. The van der Waals surface area contributed by atoms with Crippen molar-refractivity contribution in [3.8, 4) is 0 Å². The molecule has 0 saturated carbocycles. The highest BCUT2D eigenvalue weighted by atomic mass is 79.9. The third-order valence-electron chi connectivity index (χ3n) is 2.41. The number of hydrogen-bond donors (Lipinski definition) is 1. The Bertz CT molecular complexity index is 522. The van der Waals surface area contributed by atoms with Crippen LogP contribution in [0.15, 0.2) is 18.3 Å². The van der Waals surface area contributed by atoms with E-state index in [4.69, 9.17) is 4.74 Å². The topological polar surface area (TPSA) is 55.0 Å². The van der Waals surface area contributed by atoms with Gasteiger partial charge in [-0.05, 0) is 24.1 Å². The van der Waals surface area contributed by atoms with Crippen molar-refractivity contribution in [2.45, 2.75) is 6.42 Å². The predicted octanol–water partition coefficient (Wildman–Crippen LogP) is 2.29. The van der Waals surface area contributed by atoms with E-state index in [2.05, 4.69) is 26.1 Å². The number of aryl methyl sites for hydroxylation is 1. The first-order chi connectivity index (χ1) is 7.76. The summed E-state index contributed by atoms with van der Waals surface area (Å²) in [5.74, 6) is -0.331. The zero-order valence-electron chi connectivity index (χ0n) is 8.79. The molecule has 4 nitrogen and oxygen atoms in total. The van der Waals surface area contributed by atoms with Gasteiger partial charge in [-0.25, -0.2) is 4.79 Å². The Kier molecular flexibility index (Phi) is 3.24. The number of halogens is 1. The number of carbonyl (C=O) groups is 1. The van der Waals surface area contributed by atoms with Gasteiger partial charge in [-0.15, -0.1) is 0 Å². The number of esters is 1. The molecule has 84 valence electrons. The number of ether oxygens (including phenoxy) is 1. The minimum Gasteiger partial charge on any atom is -0.465 e. The van der Waals surface area contributed by atoms with E-state index < -0.39 is 0 Å². The second kappa shape index (κ2) is 4.65. The second-order valence-electron chi connectivity index (χ2n) is 3.41. The highest BCUT2D eigenvalue weighted by Gasteiger charge is 2.13. The van der Waals surface area contributed by atoms with Gasteiger partial charge in [-0.1, -0.05) is 15.9 Å². The molecule has 1 aromatic carbocycles. The summed E-state index contributed by atoms with van der Waals surface area (Å²) in [4.78, 5) is 11.6. The highest BCUT2D eigenvalue weighted by molar-refractivity contribution is 9.09. The summed E-state index contributed by atoms with van der Waals surface area (Å²) in [6.07, 6.45) is 2.50. The summed E-state index contributed by atoms with van der Waals surface area (Å²) in [6, 6.07) is 3.85. The van der Waals surface area contributed by atoms with Crippen LogP contribution in [0, 0.1) is 0 Å². The van der Waals surface area contributed by atoms with Crippen LogP contribution < -0.4 is 0 Å². The number of carbonyl (C=O) groups excluding carboxylic acids is 1. The van der Waals surface area contributed by atoms with Crippen molar-refractivity contribution in [3.05, 3.63) is 29.5 Å². The lowest BCUT2D eigenvalue weighted by Crippen LogP contribution is -2.03. The van der Waals surface area contributed by atoms with Crippen LogP contribution in [-0.4, -0.2) is 28.6 Å². The van der Waals surface area contributed by atoms with Gasteiger partial charge < -0.3 is 4.74 Å². The maximum atomic E-state index is 11.6. The molecule has 0 amide bonds. The van der Waals surface area contributed by atoms with Gasteiger partial charge in [0.05, 0.1) is 24.4 Å². The Morgan fingerprint density at radius 2 is 2.38 bits per heavy atom. The van der Waals surface area contributed by atoms with Gasteiger partial charge in [0.2, 0.25) is 0 Å². The van der Waals surface area contributed by atoms with Crippen LogP contribution >= 0.6 is 15.9 Å². The smallest absolute Gasteiger partial charge is 0.338 e. The fraction of sp³-hybridized carbons (Fsp3) is 0.273. The molecule has 5 heteroatoms. The molecule has 0 aliphatic heterocycles. The van der Waals surface area contributed by atoms with E-state index in [1.54, 1.807) is 6.20 Å². The Hall–Kier alpha value is -1.36. The number of aromatic nitrogens is 2. The van der Waals surface area contributed by atoms with E-state index in [0.717, 1.165) is 28.2 Å². The van der Waals surface area contributed by atoms with Gasteiger partial charge in [0.1, 0.15) is 0 Å². The molecule has 0 atom stereocenters. The van der Waals surface area contributed by atoms with Crippen LogP contribution in [0.4, 0.5) is 0 Å². The van der Waals surface area contributed by atoms with Crippen LogP contribution in [0.25, 0.3) is 10.9 Å². The molecule has 0 fully saturated rings. The van der Waals surface area contributed by atoms with Crippen molar-refractivity contribution in [2.75, 3.05) is 12.4 Å². The maximum absolute atomic E-state index is 11.6.